The number of carbonyl (C=O) groups is 2. The van der Waals surface area contributed by atoms with E-state index in [-0.39, 0.29) is 24.3 Å². The Morgan fingerprint density at radius 2 is 1.96 bits per heavy atom. The van der Waals surface area contributed by atoms with Crippen LogP contribution in [0.15, 0.2) is 24.3 Å². The third-order valence-corrected chi connectivity index (χ3v) is 4.67. The molecule has 1 saturated carbocycles. The molecule has 1 heterocycles. The highest BCUT2D eigenvalue weighted by Gasteiger charge is 2.29. The van der Waals surface area contributed by atoms with Gasteiger partial charge in [-0.05, 0) is 44.9 Å². The maximum atomic E-state index is 12.2. The minimum absolute atomic E-state index is 0.0111. The van der Waals surface area contributed by atoms with Crippen molar-refractivity contribution in [3.63, 3.8) is 0 Å². The Morgan fingerprint density at radius 3 is 2.62 bits per heavy atom. The number of nitrogens with one attached hydrogen (secondary N) is 2. The van der Waals surface area contributed by atoms with E-state index in [0.29, 0.717) is 17.5 Å². The van der Waals surface area contributed by atoms with Crippen LogP contribution in [-0.4, -0.2) is 49.5 Å². The van der Waals surface area contributed by atoms with E-state index in [1.165, 1.54) is 0 Å². The highest BCUT2D eigenvalue weighted by atomic mass is 16.5. The van der Waals surface area contributed by atoms with Crippen LogP contribution in [0.25, 0.3) is 0 Å². The summed E-state index contributed by atoms with van der Waals surface area (Å²) < 4.78 is 5.61. The van der Waals surface area contributed by atoms with Crippen LogP contribution in [0.5, 0.6) is 5.75 Å². The summed E-state index contributed by atoms with van der Waals surface area (Å²) in [7, 11) is 1.96. The first-order valence-electron chi connectivity index (χ1n) is 8.64. The summed E-state index contributed by atoms with van der Waals surface area (Å²) in [6.07, 6.45) is 3.90. The van der Waals surface area contributed by atoms with Crippen LogP contribution in [-0.2, 0) is 9.59 Å². The molecule has 1 aromatic rings. The smallest absolute Gasteiger partial charge is 0.260 e. The van der Waals surface area contributed by atoms with Crippen LogP contribution in [0.4, 0.5) is 5.69 Å². The maximum absolute atomic E-state index is 12.2. The molecule has 0 bridgehead atoms. The topological polar surface area (TPSA) is 70.7 Å². The zero-order valence-corrected chi connectivity index (χ0v) is 14.1. The van der Waals surface area contributed by atoms with E-state index in [2.05, 4.69) is 10.6 Å². The van der Waals surface area contributed by atoms with Gasteiger partial charge in [0.25, 0.3) is 5.91 Å². The molecule has 2 N–H and O–H groups in total. The van der Waals surface area contributed by atoms with Gasteiger partial charge >= 0.3 is 0 Å². The molecule has 6 nitrogen and oxygen atoms in total. The van der Waals surface area contributed by atoms with Crippen LogP contribution >= 0.6 is 0 Å². The number of anilines is 1. The minimum Gasteiger partial charge on any atom is -0.484 e. The molecule has 6 heteroatoms. The van der Waals surface area contributed by atoms with Crippen molar-refractivity contribution in [1.29, 1.82) is 0 Å². The first-order valence-corrected chi connectivity index (χ1v) is 8.64. The zero-order chi connectivity index (χ0) is 16.9. The molecule has 1 saturated heterocycles. The molecule has 1 aromatic carbocycles. The van der Waals surface area contributed by atoms with Crippen molar-refractivity contribution < 1.29 is 14.3 Å². The number of benzene rings is 1. The van der Waals surface area contributed by atoms with E-state index < -0.39 is 0 Å². The Bertz CT molecular complexity index is 593. The van der Waals surface area contributed by atoms with Crippen LogP contribution in [0.2, 0.25) is 0 Å². The first-order chi connectivity index (χ1) is 11.7. The second-order valence-electron chi connectivity index (χ2n) is 6.52. The number of nitrogens with zero attached hydrogens (tertiary/aromatic N) is 1. The number of ether oxygens (including phenoxy) is 1. The number of amides is 2. The van der Waals surface area contributed by atoms with Gasteiger partial charge in [-0.2, -0.15) is 0 Å². The molecule has 2 aliphatic rings. The molecule has 2 fully saturated rings. The van der Waals surface area contributed by atoms with Crippen molar-refractivity contribution in [2.24, 2.45) is 5.92 Å². The lowest BCUT2D eigenvalue weighted by Gasteiger charge is -2.31. The van der Waals surface area contributed by atoms with E-state index in [9.17, 15) is 9.59 Å². The molecule has 130 valence electrons. The lowest BCUT2D eigenvalue weighted by atomic mass is 10.1. The lowest BCUT2D eigenvalue weighted by molar-refractivity contribution is -0.134. The number of likely N-dealkylation sites (tertiary alicyclic amines) is 1. The highest BCUT2D eigenvalue weighted by Crippen LogP contribution is 2.30. The predicted octanol–water partition coefficient (Wildman–Crippen LogP) is 1.62. The van der Waals surface area contributed by atoms with Crippen LogP contribution in [0, 0.1) is 5.92 Å². The van der Waals surface area contributed by atoms with E-state index in [1.807, 2.05) is 24.1 Å². The van der Waals surface area contributed by atoms with Crippen LogP contribution < -0.4 is 15.4 Å². The van der Waals surface area contributed by atoms with E-state index in [0.717, 1.165) is 38.8 Å². The van der Waals surface area contributed by atoms with Gasteiger partial charge in [0.15, 0.2) is 6.61 Å². The van der Waals surface area contributed by atoms with E-state index in [1.54, 1.807) is 12.1 Å². The average molecular weight is 331 g/mol. The normalized spacial score (nSPS) is 18.3. The quantitative estimate of drug-likeness (QED) is 0.831. The number of hydrogen-bond acceptors (Lipinski definition) is 4. The van der Waals surface area contributed by atoms with Gasteiger partial charge in [-0.1, -0.05) is 6.07 Å². The van der Waals surface area contributed by atoms with Crippen molar-refractivity contribution in [3.8, 4) is 5.75 Å². The van der Waals surface area contributed by atoms with Gasteiger partial charge in [0.05, 0.1) is 0 Å². The fourth-order valence-corrected chi connectivity index (χ4v) is 2.91. The van der Waals surface area contributed by atoms with Gasteiger partial charge in [-0.15, -0.1) is 0 Å². The van der Waals surface area contributed by atoms with Gasteiger partial charge in [0.2, 0.25) is 5.91 Å². The maximum Gasteiger partial charge on any atom is 0.260 e. The van der Waals surface area contributed by atoms with Gasteiger partial charge in [0, 0.05) is 36.8 Å². The zero-order valence-electron chi connectivity index (χ0n) is 14.1. The molecule has 24 heavy (non-hydrogen) atoms. The van der Waals surface area contributed by atoms with Crippen molar-refractivity contribution in [2.75, 3.05) is 32.1 Å². The second-order valence-corrected chi connectivity index (χ2v) is 6.52. The fraction of sp³-hybridized carbons (Fsp3) is 0.556. The third kappa shape index (κ3) is 4.47. The van der Waals surface area contributed by atoms with Gasteiger partial charge in [0.1, 0.15) is 5.75 Å². The Kier molecular flexibility index (Phi) is 5.35. The number of carbonyl (C=O) groups excluding carboxylic acids is 2. The van der Waals surface area contributed by atoms with Gasteiger partial charge in [-0.3, -0.25) is 9.59 Å². The van der Waals surface area contributed by atoms with Crippen molar-refractivity contribution in [2.45, 2.75) is 31.7 Å². The molecule has 1 aliphatic heterocycles. The number of hydrogen-bond donors (Lipinski definition) is 2. The molecule has 3 rings (SSSR count). The van der Waals surface area contributed by atoms with Crippen molar-refractivity contribution in [1.82, 2.24) is 10.2 Å². The summed E-state index contributed by atoms with van der Waals surface area (Å²) >= 11 is 0. The van der Waals surface area contributed by atoms with Crippen LogP contribution in [0.3, 0.4) is 0 Å². The Labute approximate surface area is 142 Å². The second kappa shape index (κ2) is 7.66. The van der Waals surface area contributed by atoms with Crippen LogP contribution in [0.1, 0.15) is 25.7 Å². The fourth-order valence-electron chi connectivity index (χ4n) is 2.91. The molecule has 0 unspecified atom stereocenters. The largest absolute Gasteiger partial charge is 0.484 e. The van der Waals surface area contributed by atoms with Gasteiger partial charge < -0.3 is 20.3 Å². The molecule has 0 atom stereocenters. The lowest BCUT2D eigenvalue weighted by Crippen LogP contribution is -2.45. The summed E-state index contributed by atoms with van der Waals surface area (Å²) in [5.74, 6) is 0.839. The van der Waals surface area contributed by atoms with E-state index in [4.69, 9.17) is 4.74 Å². The van der Waals surface area contributed by atoms with Crippen molar-refractivity contribution >= 4 is 17.5 Å². The molecule has 0 radical (unpaired) electrons. The molecule has 0 aromatic heterocycles. The highest BCUT2D eigenvalue weighted by molar-refractivity contribution is 5.94. The first kappa shape index (κ1) is 16.8. The Hall–Kier alpha value is -2.08. The number of piperidine rings is 1. The molecule has 2 amide bonds. The Balaban J connectivity index is 1.47. The summed E-state index contributed by atoms with van der Waals surface area (Å²) in [4.78, 5) is 25.9. The SMILES string of the molecule is CNC1CCN(C(=O)COc2cccc(NC(=O)C3CC3)c2)CC1. The summed E-state index contributed by atoms with van der Waals surface area (Å²) in [5.41, 5.74) is 0.715. The summed E-state index contributed by atoms with van der Waals surface area (Å²) in [5, 5.41) is 6.14. The monoisotopic (exact) mass is 331 g/mol. The standard InChI is InChI=1S/C18H25N3O3/c1-19-14-7-9-21(10-8-14)17(22)12-24-16-4-2-3-15(11-16)20-18(23)13-5-6-13/h2-4,11,13-14,19H,5-10,12H2,1H3,(H,20,23). The Morgan fingerprint density at radius 1 is 1.21 bits per heavy atom. The minimum atomic E-state index is 0.0111. The molecule has 1 aliphatic carbocycles. The van der Waals surface area contributed by atoms with Crippen molar-refractivity contribution in [3.05, 3.63) is 24.3 Å². The molecule has 0 spiro atoms. The third-order valence-electron chi connectivity index (χ3n) is 4.67. The predicted molar refractivity (Wildman–Crippen MR) is 92.0 cm³/mol. The van der Waals surface area contributed by atoms with E-state index >= 15 is 0 Å². The summed E-state index contributed by atoms with van der Waals surface area (Å²) in [6.45, 7) is 1.57. The van der Waals surface area contributed by atoms with Gasteiger partial charge in [-0.25, -0.2) is 0 Å². The molecular weight excluding hydrogens is 306 g/mol. The average Bonchev–Trinajstić information content (AvgIpc) is 3.45. The number of rotatable bonds is 6. The molecular formula is C18H25N3O3. The summed E-state index contributed by atoms with van der Waals surface area (Å²) in [6, 6.07) is 7.72.